The molecule has 0 saturated carbocycles. The van der Waals surface area contributed by atoms with E-state index in [0.717, 1.165) is 0 Å². The summed E-state index contributed by atoms with van der Waals surface area (Å²) in [5.41, 5.74) is -0.606. The van der Waals surface area contributed by atoms with Crippen LogP contribution < -0.4 is 10.6 Å². The number of halogens is 1. The molecule has 1 unspecified atom stereocenters. The maximum atomic E-state index is 12.1. The maximum absolute atomic E-state index is 12.1. The lowest BCUT2D eigenvalue weighted by Crippen LogP contribution is -2.45. The SMILES string of the molecule is CCC(NC(=O)OC(C)(C)C)C(=O)Nc1cccc(Br)n1. The Balaban J connectivity index is 2.63. The second-order valence-electron chi connectivity index (χ2n) is 5.44. The van der Waals surface area contributed by atoms with E-state index in [4.69, 9.17) is 4.74 Å². The van der Waals surface area contributed by atoms with E-state index >= 15 is 0 Å². The Hall–Kier alpha value is -1.63. The Kier molecular flexibility index (Phi) is 6.14. The fourth-order valence-corrected chi connectivity index (χ4v) is 1.84. The van der Waals surface area contributed by atoms with Crippen LogP contribution >= 0.6 is 15.9 Å². The summed E-state index contributed by atoms with van der Waals surface area (Å²) in [7, 11) is 0. The number of carbonyl (C=O) groups is 2. The average molecular weight is 358 g/mol. The van der Waals surface area contributed by atoms with Crippen molar-refractivity contribution in [1.82, 2.24) is 10.3 Å². The zero-order valence-electron chi connectivity index (χ0n) is 12.6. The van der Waals surface area contributed by atoms with Gasteiger partial charge in [0.15, 0.2) is 0 Å². The highest BCUT2D eigenvalue weighted by Gasteiger charge is 2.23. The van der Waals surface area contributed by atoms with Crippen molar-refractivity contribution >= 4 is 33.7 Å². The van der Waals surface area contributed by atoms with Crippen molar-refractivity contribution in [2.24, 2.45) is 0 Å². The summed E-state index contributed by atoms with van der Waals surface area (Å²) in [6.07, 6.45) is -0.175. The molecule has 0 aliphatic rings. The highest BCUT2D eigenvalue weighted by atomic mass is 79.9. The topological polar surface area (TPSA) is 80.3 Å². The predicted octanol–water partition coefficient (Wildman–Crippen LogP) is 3.09. The van der Waals surface area contributed by atoms with Gasteiger partial charge in [0.2, 0.25) is 5.91 Å². The maximum Gasteiger partial charge on any atom is 0.408 e. The first-order valence-corrected chi connectivity index (χ1v) is 7.43. The van der Waals surface area contributed by atoms with Gasteiger partial charge in [-0.15, -0.1) is 0 Å². The molecule has 1 rings (SSSR count). The summed E-state index contributed by atoms with van der Waals surface area (Å²) in [5, 5.41) is 5.20. The molecule has 0 aliphatic carbocycles. The minimum atomic E-state index is -0.680. The molecule has 0 fully saturated rings. The third-order valence-electron chi connectivity index (χ3n) is 2.38. The number of nitrogens with zero attached hydrogens (tertiary/aromatic N) is 1. The van der Waals surface area contributed by atoms with Gasteiger partial charge in [-0.1, -0.05) is 13.0 Å². The summed E-state index contributed by atoms with van der Waals surface area (Å²) < 4.78 is 5.76. The number of hydrogen-bond acceptors (Lipinski definition) is 4. The molecule has 7 heteroatoms. The molecule has 0 bridgehead atoms. The van der Waals surface area contributed by atoms with E-state index in [-0.39, 0.29) is 5.91 Å². The molecule has 2 N–H and O–H groups in total. The van der Waals surface area contributed by atoms with Crippen LogP contribution in [0.3, 0.4) is 0 Å². The Labute approximate surface area is 132 Å². The van der Waals surface area contributed by atoms with Gasteiger partial charge in [-0.2, -0.15) is 0 Å². The second-order valence-corrected chi connectivity index (χ2v) is 6.25. The van der Waals surface area contributed by atoms with Crippen LogP contribution in [0.15, 0.2) is 22.8 Å². The highest BCUT2D eigenvalue weighted by Crippen LogP contribution is 2.11. The Bertz CT molecular complexity index is 514. The number of pyridine rings is 1. The van der Waals surface area contributed by atoms with E-state index in [2.05, 4.69) is 31.5 Å². The zero-order chi connectivity index (χ0) is 16.0. The number of rotatable bonds is 4. The summed E-state index contributed by atoms with van der Waals surface area (Å²) in [4.78, 5) is 27.9. The summed E-state index contributed by atoms with van der Waals surface area (Å²) >= 11 is 3.23. The van der Waals surface area contributed by atoms with Gasteiger partial charge in [0, 0.05) is 0 Å². The molecule has 2 amide bonds. The van der Waals surface area contributed by atoms with E-state index in [0.29, 0.717) is 16.8 Å². The molecule has 0 aliphatic heterocycles. The van der Waals surface area contributed by atoms with E-state index in [1.165, 1.54) is 0 Å². The summed E-state index contributed by atoms with van der Waals surface area (Å²) in [6, 6.07) is 4.50. The Morgan fingerprint density at radius 2 is 2.05 bits per heavy atom. The molecule has 0 spiro atoms. The van der Waals surface area contributed by atoms with E-state index in [1.54, 1.807) is 45.9 Å². The second kappa shape index (κ2) is 7.40. The van der Waals surface area contributed by atoms with Crippen LogP contribution in [0, 0.1) is 0 Å². The molecule has 0 saturated heterocycles. The third kappa shape index (κ3) is 6.57. The number of carbonyl (C=O) groups excluding carboxylic acids is 2. The molecular weight excluding hydrogens is 338 g/mol. The first-order chi connectivity index (χ1) is 9.71. The monoisotopic (exact) mass is 357 g/mol. The molecule has 21 heavy (non-hydrogen) atoms. The quantitative estimate of drug-likeness (QED) is 0.811. The van der Waals surface area contributed by atoms with Crippen molar-refractivity contribution in [3.8, 4) is 0 Å². The smallest absolute Gasteiger partial charge is 0.408 e. The van der Waals surface area contributed by atoms with Crippen molar-refractivity contribution < 1.29 is 14.3 Å². The van der Waals surface area contributed by atoms with Gasteiger partial charge in [-0.25, -0.2) is 9.78 Å². The van der Waals surface area contributed by atoms with Crippen molar-refractivity contribution in [3.05, 3.63) is 22.8 Å². The summed E-state index contributed by atoms with van der Waals surface area (Å²) in [5.74, 6) is 0.0766. The van der Waals surface area contributed by atoms with E-state index in [1.807, 2.05) is 0 Å². The van der Waals surface area contributed by atoms with Crippen molar-refractivity contribution in [2.75, 3.05) is 5.32 Å². The number of nitrogens with one attached hydrogen (secondary N) is 2. The lowest BCUT2D eigenvalue weighted by Gasteiger charge is -2.22. The number of ether oxygens (including phenoxy) is 1. The van der Waals surface area contributed by atoms with Crippen LogP contribution in [0.25, 0.3) is 0 Å². The van der Waals surface area contributed by atoms with Gasteiger partial charge in [0.1, 0.15) is 22.1 Å². The molecule has 1 heterocycles. The summed E-state index contributed by atoms with van der Waals surface area (Å²) in [6.45, 7) is 7.09. The van der Waals surface area contributed by atoms with Crippen LogP contribution in [-0.4, -0.2) is 28.6 Å². The van der Waals surface area contributed by atoms with Gasteiger partial charge in [0.05, 0.1) is 0 Å². The standard InChI is InChI=1S/C14H20BrN3O3/c1-5-9(16-13(20)21-14(2,3)4)12(19)18-11-8-6-7-10(15)17-11/h6-9H,5H2,1-4H3,(H,16,20)(H,17,18,19). The van der Waals surface area contributed by atoms with Crippen LogP contribution in [-0.2, 0) is 9.53 Å². The van der Waals surface area contributed by atoms with Crippen molar-refractivity contribution in [2.45, 2.75) is 45.8 Å². The lowest BCUT2D eigenvalue weighted by molar-refractivity contribution is -0.118. The molecule has 0 radical (unpaired) electrons. The van der Waals surface area contributed by atoms with Crippen LogP contribution in [0.1, 0.15) is 34.1 Å². The fraction of sp³-hybridized carbons (Fsp3) is 0.500. The molecule has 6 nitrogen and oxygen atoms in total. The molecule has 0 aromatic carbocycles. The third-order valence-corrected chi connectivity index (χ3v) is 2.82. The normalized spacial score (nSPS) is 12.4. The van der Waals surface area contributed by atoms with Gasteiger partial charge in [-0.3, -0.25) is 4.79 Å². The van der Waals surface area contributed by atoms with Gasteiger partial charge in [0.25, 0.3) is 0 Å². The molecular formula is C14H20BrN3O3. The largest absolute Gasteiger partial charge is 0.444 e. The van der Waals surface area contributed by atoms with Crippen molar-refractivity contribution in [1.29, 1.82) is 0 Å². The number of hydrogen-bond donors (Lipinski definition) is 2. The number of anilines is 1. The first kappa shape index (κ1) is 17.4. The predicted molar refractivity (Wildman–Crippen MR) is 84.0 cm³/mol. The zero-order valence-corrected chi connectivity index (χ0v) is 14.2. The molecule has 1 aromatic rings. The first-order valence-electron chi connectivity index (χ1n) is 6.64. The molecule has 116 valence electrons. The van der Waals surface area contributed by atoms with Crippen LogP contribution in [0.4, 0.5) is 10.6 Å². The van der Waals surface area contributed by atoms with Crippen molar-refractivity contribution in [3.63, 3.8) is 0 Å². The Morgan fingerprint density at radius 3 is 2.57 bits per heavy atom. The lowest BCUT2D eigenvalue weighted by atomic mass is 10.2. The fourth-order valence-electron chi connectivity index (χ4n) is 1.49. The van der Waals surface area contributed by atoms with E-state index < -0.39 is 17.7 Å². The number of aromatic nitrogens is 1. The Morgan fingerprint density at radius 1 is 1.38 bits per heavy atom. The molecule has 1 atom stereocenters. The van der Waals surface area contributed by atoms with E-state index in [9.17, 15) is 9.59 Å². The van der Waals surface area contributed by atoms with Gasteiger partial charge in [-0.05, 0) is 55.3 Å². The highest BCUT2D eigenvalue weighted by molar-refractivity contribution is 9.10. The minimum absolute atomic E-state index is 0.339. The van der Waals surface area contributed by atoms with Gasteiger partial charge < -0.3 is 15.4 Å². The van der Waals surface area contributed by atoms with Gasteiger partial charge >= 0.3 is 6.09 Å². The molecule has 1 aromatic heterocycles. The number of amides is 2. The average Bonchev–Trinajstić information content (AvgIpc) is 2.33. The minimum Gasteiger partial charge on any atom is -0.444 e. The van der Waals surface area contributed by atoms with Crippen LogP contribution in [0.2, 0.25) is 0 Å². The van der Waals surface area contributed by atoms with Crippen LogP contribution in [0.5, 0.6) is 0 Å². The number of alkyl carbamates (subject to hydrolysis) is 1.